The molecular weight excluding hydrogens is 1400 g/mol. The van der Waals surface area contributed by atoms with Crippen molar-refractivity contribution >= 4 is 95.7 Å². The number of carbonyl (C=O) groups excluding carboxylic acids is 2. The zero-order valence-corrected chi connectivity index (χ0v) is 61.1. The number of aromatic carboxylic acids is 1. The monoisotopic (exact) mass is 1500 g/mol. The molecule has 0 atom stereocenters. The lowest BCUT2D eigenvalue weighted by Crippen LogP contribution is -2.39. The van der Waals surface area contributed by atoms with Crippen LogP contribution in [0.15, 0.2) is 141 Å². The molecule has 0 spiro atoms. The molecule has 9 heterocycles. The van der Waals surface area contributed by atoms with Gasteiger partial charge in [-0.2, -0.15) is 27.7 Å². The average molecular weight is 1500 g/mol. The predicted octanol–water partition coefficient (Wildman–Crippen LogP) is 20.4. The van der Waals surface area contributed by atoms with E-state index in [0.717, 1.165) is 108 Å². The number of ether oxygens (including phenoxy) is 1. The van der Waals surface area contributed by atoms with Crippen LogP contribution in [-0.2, 0) is 34.6 Å². The Labute approximate surface area is 643 Å². The van der Waals surface area contributed by atoms with Gasteiger partial charge in [0.1, 0.15) is 0 Å². The largest absolute Gasteiger partial charge is 0.478 e. The van der Waals surface area contributed by atoms with Gasteiger partial charge in [-0.3, -0.25) is 4.79 Å². The molecule has 2 N–H and O–H groups in total. The molecule has 0 radical (unpaired) electrons. The number of amides is 1. The molecule has 6 aromatic carbocycles. The van der Waals surface area contributed by atoms with Gasteiger partial charge < -0.3 is 37.1 Å². The van der Waals surface area contributed by atoms with Gasteiger partial charge in [0.2, 0.25) is 0 Å². The molecular formula is C88H99N11O10S. The fraction of sp³-hybridized carbons (Fsp3) is 0.352. The number of allylic oxidation sites excluding steroid dienone is 3. The Balaban J connectivity index is 0.000000151. The fourth-order valence-electron chi connectivity index (χ4n) is 17.1. The van der Waals surface area contributed by atoms with E-state index in [2.05, 4.69) is 128 Å². The van der Waals surface area contributed by atoms with Crippen LogP contribution in [0.5, 0.6) is 0 Å². The van der Waals surface area contributed by atoms with Gasteiger partial charge in [0, 0.05) is 85.8 Å². The number of carbonyl (C=O) groups is 3. The molecule has 3 fully saturated rings. The normalized spacial score (nSPS) is 15.5. The minimum absolute atomic E-state index is 0. The molecule has 18 rings (SSSR count). The topological polar surface area (TPSA) is 262 Å². The molecule has 572 valence electrons. The van der Waals surface area contributed by atoms with Gasteiger partial charge in [-0.15, -0.1) is 0 Å². The summed E-state index contributed by atoms with van der Waals surface area (Å²) in [5.41, 5.74) is 21.2. The highest BCUT2D eigenvalue weighted by molar-refractivity contribution is 7.87. The number of aryl methyl sites for hydroxylation is 3. The molecule has 0 bridgehead atoms. The Morgan fingerprint density at radius 3 is 1.10 bits per heavy atom. The first kappa shape index (κ1) is 78.5. The van der Waals surface area contributed by atoms with Crippen molar-refractivity contribution < 1.29 is 46.2 Å². The third kappa shape index (κ3) is 14.9. The Kier molecular flexibility index (Phi) is 23.3. The number of aromatic nitrogens is 9. The summed E-state index contributed by atoms with van der Waals surface area (Å²) in [6, 6.07) is 42.3. The number of carboxylic acid groups (broad SMARTS) is 1. The molecule has 0 unspecified atom stereocenters. The van der Waals surface area contributed by atoms with E-state index in [1.165, 1.54) is 131 Å². The number of fused-ring (bicyclic) bond motifs is 15. The molecule has 0 saturated heterocycles. The number of hydrogen-bond acceptors (Lipinski definition) is 15. The van der Waals surface area contributed by atoms with E-state index in [9.17, 15) is 27.9 Å². The Hall–Kier alpha value is -11.1. The SMILES string of the molecule is C.C.C.C.COC(=O)c1ccc2c(C3CCCCC3)c3n(c2c1)CC(c1nc(C)no1)=Cc1ccccc1-3.Cc1noc(C2=Cc3ccccc3-c3c(C4CCCCC4)c4ccc(C(=O)NS(=O)(=O)N(C)C)cc4n3C2)n1.Cc1noc(C2=Cc3ccccc3-c3c(C4CCCCC4)c4ccc(C(=O)O)cc4n3C2)n1. The van der Waals surface area contributed by atoms with Crippen molar-refractivity contribution in [3.63, 3.8) is 0 Å². The van der Waals surface area contributed by atoms with Crippen molar-refractivity contribution in [3.05, 3.63) is 213 Å². The highest BCUT2D eigenvalue weighted by atomic mass is 32.2. The third-order valence-electron chi connectivity index (χ3n) is 22.0. The number of hydrogen-bond donors (Lipinski definition) is 2. The van der Waals surface area contributed by atoms with Crippen LogP contribution in [-0.4, -0.2) is 101 Å². The number of esters is 1. The molecule has 110 heavy (non-hydrogen) atoms. The van der Waals surface area contributed by atoms with Crippen LogP contribution in [0.4, 0.5) is 0 Å². The molecule has 1 amide bonds. The summed E-state index contributed by atoms with van der Waals surface area (Å²) in [7, 11) is 0.261. The highest BCUT2D eigenvalue weighted by Gasteiger charge is 2.35. The van der Waals surface area contributed by atoms with E-state index in [1.807, 2.05) is 62.4 Å². The van der Waals surface area contributed by atoms with Crippen molar-refractivity contribution in [1.82, 2.24) is 53.2 Å². The number of nitrogens with zero attached hydrogens (tertiary/aromatic N) is 10. The number of benzene rings is 6. The summed E-state index contributed by atoms with van der Waals surface area (Å²) in [6.45, 7) is 7.03. The summed E-state index contributed by atoms with van der Waals surface area (Å²) in [6.07, 6.45) is 24.5. The molecule has 21 nitrogen and oxygen atoms in total. The third-order valence-corrected chi connectivity index (χ3v) is 23.4. The summed E-state index contributed by atoms with van der Waals surface area (Å²) in [5.74, 6) is 2.72. The van der Waals surface area contributed by atoms with Crippen LogP contribution in [0.2, 0.25) is 0 Å². The molecule has 6 aromatic heterocycles. The lowest BCUT2D eigenvalue weighted by Gasteiger charge is -2.24. The smallest absolute Gasteiger partial charge is 0.337 e. The van der Waals surface area contributed by atoms with Gasteiger partial charge in [0.05, 0.1) is 55.0 Å². The van der Waals surface area contributed by atoms with Crippen molar-refractivity contribution in [2.45, 2.75) is 184 Å². The van der Waals surface area contributed by atoms with Gasteiger partial charge in [-0.25, -0.2) is 14.3 Å². The maximum atomic E-state index is 13.1. The van der Waals surface area contributed by atoms with Gasteiger partial charge in [0.25, 0.3) is 23.6 Å². The summed E-state index contributed by atoms with van der Waals surface area (Å²) in [5, 5.41) is 25.2. The van der Waals surface area contributed by atoms with Crippen LogP contribution in [0, 0.1) is 20.8 Å². The number of nitrogens with one attached hydrogen (secondary N) is 1. The Bertz CT molecular complexity index is 5680. The molecule has 3 saturated carbocycles. The maximum Gasteiger partial charge on any atom is 0.337 e. The molecule has 12 aromatic rings. The first-order chi connectivity index (χ1) is 51.5. The van der Waals surface area contributed by atoms with E-state index in [1.54, 1.807) is 25.1 Å². The molecule has 6 aliphatic rings. The van der Waals surface area contributed by atoms with Crippen LogP contribution < -0.4 is 4.72 Å². The zero-order chi connectivity index (χ0) is 73.1. The quantitative estimate of drug-likeness (QED) is 0.114. The van der Waals surface area contributed by atoms with Crippen molar-refractivity contribution in [2.24, 2.45) is 0 Å². The van der Waals surface area contributed by atoms with Crippen LogP contribution in [0.1, 0.15) is 243 Å². The molecule has 22 heteroatoms. The summed E-state index contributed by atoms with van der Waals surface area (Å²) < 4.78 is 56.5. The second kappa shape index (κ2) is 32.6. The van der Waals surface area contributed by atoms with Crippen LogP contribution in [0.25, 0.3) is 101 Å². The predicted molar refractivity (Wildman–Crippen MR) is 436 cm³/mol. The second-order valence-electron chi connectivity index (χ2n) is 29.0. The van der Waals surface area contributed by atoms with E-state index >= 15 is 0 Å². The van der Waals surface area contributed by atoms with Gasteiger partial charge in [-0.1, -0.05) is 194 Å². The van der Waals surface area contributed by atoms with Gasteiger partial charge in [-0.05, 0) is 165 Å². The lowest BCUT2D eigenvalue weighted by molar-refractivity contribution is 0.0599. The van der Waals surface area contributed by atoms with Gasteiger partial charge in [0.15, 0.2) is 17.5 Å². The van der Waals surface area contributed by atoms with Crippen molar-refractivity contribution in [2.75, 3.05) is 21.2 Å². The van der Waals surface area contributed by atoms with E-state index in [0.29, 0.717) is 83.7 Å². The minimum Gasteiger partial charge on any atom is -0.478 e. The van der Waals surface area contributed by atoms with Crippen molar-refractivity contribution in [3.8, 4) is 33.8 Å². The van der Waals surface area contributed by atoms with E-state index < -0.39 is 22.1 Å². The standard InChI is InChI=1S/C29H31N5O4S.C28H27N3O3.C27H25N3O3.4CH4/c1-18-30-29(38-31-18)22-15-20-11-7-8-12-23(20)27-26(19-9-5-4-6-10-19)24-14-13-21(16-25(24)34(27)17-22)28(35)32-39(36,37)33(2)3;1-17-29-27(34-30-17)21-14-19-10-6-7-11-22(19)26-25(18-8-4-3-5-9-18)23-13-12-20(28(32)33-2)15-24(23)31(26)16-21;1-16-28-26(33-29-16)20-13-18-9-5-6-10-21(18)25-24(17-7-3-2-4-8-17)22-12-11-19(27(31)32)14-23(22)30(25)15-20;;;;/h7-8,11-16,19H,4-6,9-10,17H2,1-3H3,(H,32,35);6-7,10-15,18H,3-5,8-9,16H2,1-2H3;5-6,9-14,17H,2-4,7-8,15H2,1H3,(H,31,32);4*1H4. The first-order valence-electron chi connectivity index (χ1n) is 36.8. The lowest BCUT2D eigenvalue weighted by atomic mass is 9.81. The fourth-order valence-corrected chi connectivity index (χ4v) is 17.6. The number of methoxy groups -OCH3 is 1. The highest BCUT2D eigenvalue weighted by Crippen LogP contribution is 2.51. The van der Waals surface area contributed by atoms with E-state index in [-0.39, 0.29) is 41.2 Å². The molecule has 3 aliphatic carbocycles. The van der Waals surface area contributed by atoms with E-state index in [4.69, 9.17) is 18.3 Å². The Morgan fingerprint density at radius 1 is 0.464 bits per heavy atom. The number of rotatable bonds is 11. The van der Waals surface area contributed by atoms with Crippen LogP contribution >= 0.6 is 0 Å². The first-order valence-corrected chi connectivity index (χ1v) is 38.3. The van der Waals surface area contributed by atoms with Crippen LogP contribution in [0.3, 0.4) is 0 Å². The molecule has 3 aliphatic heterocycles. The minimum atomic E-state index is -3.93. The number of carboxylic acids is 1. The maximum absolute atomic E-state index is 13.1. The summed E-state index contributed by atoms with van der Waals surface area (Å²) >= 11 is 0. The average Bonchev–Trinajstić information content (AvgIpc) is 1.59. The van der Waals surface area contributed by atoms with Crippen molar-refractivity contribution in [1.29, 1.82) is 0 Å². The second-order valence-corrected chi connectivity index (χ2v) is 30.9. The van der Waals surface area contributed by atoms with Gasteiger partial charge >= 0.3 is 22.1 Å². The summed E-state index contributed by atoms with van der Waals surface area (Å²) in [4.78, 5) is 50.8. The zero-order valence-electron chi connectivity index (χ0n) is 60.3. The Morgan fingerprint density at radius 2 is 0.782 bits per heavy atom.